The van der Waals surface area contributed by atoms with Gasteiger partial charge in [0.05, 0.1) is 0 Å². The Bertz CT molecular complexity index is 760. The van der Waals surface area contributed by atoms with Crippen LogP contribution in [0.1, 0.15) is 30.9 Å². The normalized spacial score (nSPS) is 15.0. The molecule has 4 nitrogen and oxygen atoms in total. The average Bonchev–Trinajstić information content (AvgIpc) is 3.15. The van der Waals surface area contributed by atoms with E-state index in [9.17, 15) is 4.79 Å². The summed E-state index contributed by atoms with van der Waals surface area (Å²) in [5.41, 5.74) is 3.85. The molecule has 0 aliphatic carbocycles. The van der Waals surface area contributed by atoms with E-state index in [4.69, 9.17) is 16.3 Å². The molecule has 1 heterocycles. The second kappa shape index (κ2) is 8.00. The number of nitrogens with zero attached hydrogens (tertiary/aromatic N) is 1. The van der Waals surface area contributed by atoms with Gasteiger partial charge in [0.2, 0.25) is 0 Å². The van der Waals surface area contributed by atoms with Crippen molar-refractivity contribution in [2.75, 3.05) is 23.3 Å². The van der Waals surface area contributed by atoms with Crippen molar-refractivity contribution in [3.63, 3.8) is 0 Å². The van der Waals surface area contributed by atoms with Crippen molar-refractivity contribution in [3.05, 3.63) is 52.5 Å². The van der Waals surface area contributed by atoms with Gasteiger partial charge in [-0.2, -0.15) is 0 Å². The minimum absolute atomic E-state index is 0.177. The molecule has 1 aliphatic rings. The predicted octanol–water partition coefficient (Wildman–Crippen LogP) is 4.96. The van der Waals surface area contributed by atoms with Gasteiger partial charge in [-0.05, 0) is 81.1 Å². The van der Waals surface area contributed by atoms with Gasteiger partial charge in [0.25, 0.3) is 5.91 Å². The number of rotatable bonds is 5. The molecule has 5 heteroatoms. The van der Waals surface area contributed by atoms with Crippen LogP contribution in [0, 0.1) is 13.8 Å². The first-order valence-corrected chi connectivity index (χ1v) is 9.41. The van der Waals surface area contributed by atoms with E-state index in [-0.39, 0.29) is 5.91 Å². The molecular weight excluding hydrogens is 348 g/mol. The van der Waals surface area contributed by atoms with Crippen molar-refractivity contribution in [3.8, 4) is 5.75 Å². The van der Waals surface area contributed by atoms with Crippen molar-refractivity contribution in [2.45, 2.75) is 39.7 Å². The maximum Gasteiger partial charge on any atom is 0.265 e. The van der Waals surface area contributed by atoms with E-state index >= 15 is 0 Å². The van der Waals surface area contributed by atoms with Gasteiger partial charge in [-0.1, -0.05) is 11.6 Å². The largest absolute Gasteiger partial charge is 0.481 e. The molecule has 1 saturated heterocycles. The lowest BCUT2D eigenvalue weighted by atomic mass is 10.1. The molecule has 0 spiro atoms. The van der Waals surface area contributed by atoms with E-state index in [0.717, 1.165) is 34.9 Å². The summed E-state index contributed by atoms with van der Waals surface area (Å²) in [5.74, 6) is 0.473. The zero-order chi connectivity index (χ0) is 18.7. The van der Waals surface area contributed by atoms with Crippen molar-refractivity contribution >= 4 is 28.9 Å². The highest BCUT2D eigenvalue weighted by Gasteiger charge is 2.17. The van der Waals surface area contributed by atoms with Crippen LogP contribution in [0.15, 0.2) is 36.4 Å². The van der Waals surface area contributed by atoms with Crippen LogP contribution in [0.25, 0.3) is 0 Å². The Morgan fingerprint density at radius 1 is 1.12 bits per heavy atom. The first-order valence-electron chi connectivity index (χ1n) is 9.03. The fourth-order valence-corrected chi connectivity index (χ4v) is 3.32. The zero-order valence-electron chi connectivity index (χ0n) is 15.5. The quantitative estimate of drug-likeness (QED) is 0.806. The number of benzene rings is 2. The lowest BCUT2D eigenvalue weighted by Gasteiger charge is -2.19. The van der Waals surface area contributed by atoms with E-state index in [1.807, 2.05) is 38.1 Å². The third kappa shape index (κ3) is 4.31. The Balaban J connectivity index is 1.60. The number of hydrogen-bond donors (Lipinski definition) is 1. The van der Waals surface area contributed by atoms with Gasteiger partial charge in [0.1, 0.15) is 5.75 Å². The number of aryl methyl sites for hydroxylation is 2. The summed E-state index contributed by atoms with van der Waals surface area (Å²) in [6.45, 7) is 7.81. The van der Waals surface area contributed by atoms with Crippen LogP contribution in [0.5, 0.6) is 5.75 Å². The number of anilines is 2. The lowest BCUT2D eigenvalue weighted by molar-refractivity contribution is -0.122. The second-order valence-electron chi connectivity index (χ2n) is 6.86. The molecule has 1 atom stereocenters. The molecule has 0 saturated carbocycles. The monoisotopic (exact) mass is 372 g/mol. The average molecular weight is 373 g/mol. The molecule has 2 aromatic carbocycles. The van der Waals surface area contributed by atoms with Gasteiger partial charge in [0.15, 0.2) is 6.10 Å². The molecule has 0 aromatic heterocycles. The van der Waals surface area contributed by atoms with Crippen molar-refractivity contribution in [1.82, 2.24) is 0 Å². The number of carbonyl (C=O) groups is 1. The molecule has 1 unspecified atom stereocenters. The highest BCUT2D eigenvalue weighted by atomic mass is 35.5. The molecule has 0 bridgehead atoms. The number of halogens is 1. The van der Waals surface area contributed by atoms with E-state index in [2.05, 4.69) is 22.3 Å². The fourth-order valence-electron chi connectivity index (χ4n) is 3.21. The maximum absolute atomic E-state index is 12.4. The van der Waals surface area contributed by atoms with E-state index in [1.54, 1.807) is 6.92 Å². The van der Waals surface area contributed by atoms with Gasteiger partial charge in [-0.3, -0.25) is 4.79 Å². The van der Waals surface area contributed by atoms with Crippen LogP contribution < -0.4 is 15.0 Å². The summed E-state index contributed by atoms with van der Waals surface area (Å²) in [5, 5.41) is 3.64. The molecule has 1 aliphatic heterocycles. The van der Waals surface area contributed by atoms with Crippen molar-refractivity contribution in [2.24, 2.45) is 0 Å². The van der Waals surface area contributed by atoms with Crippen molar-refractivity contribution in [1.29, 1.82) is 0 Å². The fraction of sp³-hybridized carbons (Fsp3) is 0.381. The molecule has 138 valence electrons. The molecule has 0 radical (unpaired) electrons. The third-order valence-corrected chi connectivity index (χ3v) is 5.29. The Hall–Kier alpha value is -2.20. The minimum Gasteiger partial charge on any atom is -0.481 e. The zero-order valence-corrected chi connectivity index (χ0v) is 16.3. The SMILES string of the molecule is Cc1cc(OC(C)C(=O)Nc2ccc(N3CCCC3)cc2)cc(C)c1Cl. The van der Waals surface area contributed by atoms with Crippen LogP contribution in [0.4, 0.5) is 11.4 Å². The molecule has 2 aromatic rings. The van der Waals surface area contributed by atoms with E-state index in [0.29, 0.717) is 5.75 Å². The van der Waals surface area contributed by atoms with Crippen LogP contribution >= 0.6 is 11.6 Å². The van der Waals surface area contributed by atoms with Gasteiger partial charge in [-0.25, -0.2) is 0 Å². The third-order valence-electron chi connectivity index (χ3n) is 4.70. The van der Waals surface area contributed by atoms with Crippen LogP contribution in [-0.4, -0.2) is 25.1 Å². The minimum atomic E-state index is -0.603. The molecule has 1 amide bonds. The Kier molecular flexibility index (Phi) is 5.72. The van der Waals surface area contributed by atoms with Gasteiger partial charge < -0.3 is 15.0 Å². The molecule has 1 N–H and O–H groups in total. The lowest BCUT2D eigenvalue weighted by Crippen LogP contribution is -2.30. The van der Waals surface area contributed by atoms with E-state index < -0.39 is 6.10 Å². The van der Waals surface area contributed by atoms with Crippen LogP contribution in [-0.2, 0) is 4.79 Å². The molecular formula is C21H25ClN2O2. The highest BCUT2D eigenvalue weighted by Crippen LogP contribution is 2.27. The smallest absolute Gasteiger partial charge is 0.265 e. The summed E-state index contributed by atoms with van der Waals surface area (Å²) in [6, 6.07) is 11.7. The van der Waals surface area contributed by atoms with Crippen LogP contribution in [0.2, 0.25) is 5.02 Å². The summed E-state index contributed by atoms with van der Waals surface area (Å²) < 4.78 is 5.79. The summed E-state index contributed by atoms with van der Waals surface area (Å²) in [4.78, 5) is 14.8. The number of ether oxygens (including phenoxy) is 1. The highest BCUT2D eigenvalue weighted by molar-refractivity contribution is 6.32. The molecule has 1 fully saturated rings. The standard InChI is InChI=1S/C21H25ClN2O2/c1-14-12-19(13-15(2)20(14)22)26-16(3)21(25)23-17-6-8-18(9-7-17)24-10-4-5-11-24/h6-9,12-13,16H,4-5,10-11H2,1-3H3,(H,23,25). The van der Waals surface area contributed by atoms with Crippen LogP contribution in [0.3, 0.4) is 0 Å². The predicted molar refractivity (Wildman–Crippen MR) is 108 cm³/mol. The maximum atomic E-state index is 12.4. The Morgan fingerprint density at radius 2 is 1.69 bits per heavy atom. The number of hydrogen-bond acceptors (Lipinski definition) is 3. The summed E-state index contributed by atoms with van der Waals surface area (Å²) in [7, 11) is 0. The van der Waals surface area contributed by atoms with Gasteiger partial charge in [-0.15, -0.1) is 0 Å². The van der Waals surface area contributed by atoms with Gasteiger partial charge in [0, 0.05) is 29.5 Å². The number of amides is 1. The molecule has 3 rings (SSSR count). The number of nitrogens with one attached hydrogen (secondary N) is 1. The second-order valence-corrected chi connectivity index (χ2v) is 7.24. The van der Waals surface area contributed by atoms with Crippen molar-refractivity contribution < 1.29 is 9.53 Å². The topological polar surface area (TPSA) is 41.6 Å². The first-order chi connectivity index (χ1) is 12.4. The van der Waals surface area contributed by atoms with E-state index in [1.165, 1.54) is 18.5 Å². The summed E-state index contributed by atoms with van der Waals surface area (Å²) >= 11 is 6.18. The number of carbonyl (C=O) groups excluding carboxylic acids is 1. The first kappa shape index (κ1) is 18.6. The van der Waals surface area contributed by atoms with Gasteiger partial charge >= 0.3 is 0 Å². The molecule has 26 heavy (non-hydrogen) atoms. The summed E-state index contributed by atoms with van der Waals surface area (Å²) in [6.07, 6.45) is 1.89. The Morgan fingerprint density at radius 3 is 2.27 bits per heavy atom. The Labute approximate surface area is 160 Å².